The molecule has 0 saturated carbocycles. The summed E-state index contributed by atoms with van der Waals surface area (Å²) in [5, 5.41) is 22.7. The van der Waals surface area contributed by atoms with Gasteiger partial charge in [0.2, 0.25) is 0 Å². The first-order valence-electron chi connectivity index (χ1n) is 5.97. The van der Waals surface area contributed by atoms with E-state index in [4.69, 9.17) is 0 Å². The molecule has 1 amide bonds. The molecule has 0 unspecified atom stereocenters. The molecule has 0 aliphatic heterocycles. The molecule has 7 heteroatoms. The smallest absolute Gasteiger partial charge is 0.284 e. The first-order chi connectivity index (χ1) is 10.0. The molecule has 108 valence electrons. The molecule has 21 heavy (non-hydrogen) atoms. The largest absolute Gasteiger partial charge is 0.392 e. The number of nitro groups is 1. The summed E-state index contributed by atoms with van der Waals surface area (Å²) in [6.07, 6.45) is 0. The Labute approximate surface area is 128 Å². The Kier molecular flexibility index (Phi) is 4.66. The number of nitrogens with one attached hydrogen (secondary N) is 1. The number of amides is 1. The second-order valence-corrected chi connectivity index (χ2v) is 4.96. The SMILES string of the molecule is O=C(Nc1ccccc1CO)c1cccc([N+](=O)[O-])c1Br. The van der Waals surface area contributed by atoms with E-state index in [2.05, 4.69) is 21.2 Å². The fourth-order valence-corrected chi connectivity index (χ4v) is 2.40. The molecule has 6 nitrogen and oxygen atoms in total. The lowest BCUT2D eigenvalue weighted by molar-refractivity contribution is -0.385. The maximum absolute atomic E-state index is 12.2. The van der Waals surface area contributed by atoms with Crippen molar-refractivity contribution in [3.05, 3.63) is 68.2 Å². The van der Waals surface area contributed by atoms with Gasteiger partial charge in [0, 0.05) is 17.3 Å². The zero-order valence-electron chi connectivity index (χ0n) is 10.7. The normalized spacial score (nSPS) is 10.2. The number of hydrogen-bond acceptors (Lipinski definition) is 4. The highest BCUT2D eigenvalue weighted by atomic mass is 79.9. The van der Waals surface area contributed by atoms with Gasteiger partial charge in [0.05, 0.1) is 17.1 Å². The molecule has 0 fully saturated rings. The average molecular weight is 351 g/mol. The van der Waals surface area contributed by atoms with Crippen molar-refractivity contribution in [2.75, 3.05) is 5.32 Å². The summed E-state index contributed by atoms with van der Waals surface area (Å²) in [7, 11) is 0. The number of nitro benzene ring substituents is 1. The van der Waals surface area contributed by atoms with Crippen LogP contribution in [0.3, 0.4) is 0 Å². The van der Waals surface area contributed by atoms with Gasteiger partial charge in [0.15, 0.2) is 0 Å². The lowest BCUT2D eigenvalue weighted by atomic mass is 10.1. The molecule has 0 heterocycles. The van der Waals surface area contributed by atoms with Crippen LogP contribution < -0.4 is 5.32 Å². The van der Waals surface area contributed by atoms with Crippen LogP contribution in [0.2, 0.25) is 0 Å². The van der Waals surface area contributed by atoms with E-state index in [1.54, 1.807) is 24.3 Å². The third kappa shape index (κ3) is 3.26. The van der Waals surface area contributed by atoms with Crippen molar-refractivity contribution in [3.8, 4) is 0 Å². The molecule has 0 saturated heterocycles. The van der Waals surface area contributed by atoms with Gasteiger partial charge in [-0.15, -0.1) is 0 Å². The molecule has 0 aliphatic rings. The predicted octanol–water partition coefficient (Wildman–Crippen LogP) is 3.10. The Morgan fingerprint density at radius 2 is 1.95 bits per heavy atom. The highest BCUT2D eigenvalue weighted by molar-refractivity contribution is 9.10. The number of halogens is 1. The van der Waals surface area contributed by atoms with E-state index in [0.29, 0.717) is 11.3 Å². The summed E-state index contributed by atoms with van der Waals surface area (Å²) >= 11 is 3.08. The van der Waals surface area contributed by atoms with Crippen molar-refractivity contribution in [1.82, 2.24) is 0 Å². The predicted molar refractivity (Wildman–Crippen MR) is 81.1 cm³/mol. The van der Waals surface area contributed by atoms with Gasteiger partial charge in [0.1, 0.15) is 4.47 Å². The Morgan fingerprint density at radius 3 is 2.62 bits per heavy atom. The maximum atomic E-state index is 12.2. The summed E-state index contributed by atoms with van der Waals surface area (Å²) in [4.78, 5) is 22.5. The molecule has 0 atom stereocenters. The van der Waals surface area contributed by atoms with Crippen LogP contribution in [0.15, 0.2) is 46.9 Å². The number of hydrogen-bond donors (Lipinski definition) is 2. The third-order valence-corrected chi connectivity index (χ3v) is 3.69. The minimum absolute atomic E-state index is 0.119. The second-order valence-electron chi connectivity index (χ2n) is 4.17. The number of rotatable bonds is 4. The lowest BCUT2D eigenvalue weighted by Gasteiger charge is -2.10. The van der Waals surface area contributed by atoms with Crippen LogP contribution in [0, 0.1) is 10.1 Å². The molecule has 2 aromatic rings. The molecular weight excluding hydrogens is 340 g/mol. The molecule has 0 bridgehead atoms. The van der Waals surface area contributed by atoms with Crippen molar-refractivity contribution in [3.63, 3.8) is 0 Å². The van der Waals surface area contributed by atoms with E-state index in [1.807, 2.05) is 0 Å². The fourth-order valence-electron chi connectivity index (χ4n) is 1.81. The van der Waals surface area contributed by atoms with Gasteiger partial charge in [-0.2, -0.15) is 0 Å². The molecular formula is C14H11BrN2O4. The van der Waals surface area contributed by atoms with Gasteiger partial charge in [0.25, 0.3) is 11.6 Å². The summed E-state index contributed by atoms with van der Waals surface area (Å²) in [6, 6.07) is 11.0. The summed E-state index contributed by atoms with van der Waals surface area (Å²) < 4.78 is 0.119. The number of aliphatic hydroxyl groups excluding tert-OH is 1. The minimum Gasteiger partial charge on any atom is -0.392 e. The fraction of sp³-hybridized carbons (Fsp3) is 0.0714. The monoisotopic (exact) mass is 350 g/mol. The first kappa shape index (κ1) is 15.1. The zero-order chi connectivity index (χ0) is 15.4. The van der Waals surface area contributed by atoms with E-state index in [9.17, 15) is 20.0 Å². The maximum Gasteiger partial charge on any atom is 0.284 e. The van der Waals surface area contributed by atoms with Crippen LogP contribution in [-0.2, 0) is 6.61 Å². The summed E-state index contributed by atoms with van der Waals surface area (Å²) in [5.74, 6) is -0.494. The van der Waals surface area contributed by atoms with Gasteiger partial charge in [-0.25, -0.2) is 0 Å². The van der Waals surface area contributed by atoms with Gasteiger partial charge in [-0.1, -0.05) is 24.3 Å². The second kappa shape index (κ2) is 6.47. The van der Waals surface area contributed by atoms with Crippen LogP contribution in [0.1, 0.15) is 15.9 Å². The Morgan fingerprint density at radius 1 is 1.24 bits per heavy atom. The van der Waals surface area contributed by atoms with Crippen molar-refractivity contribution in [2.24, 2.45) is 0 Å². The first-order valence-corrected chi connectivity index (χ1v) is 6.77. The quantitative estimate of drug-likeness (QED) is 0.654. The van der Waals surface area contributed by atoms with Crippen molar-refractivity contribution < 1.29 is 14.8 Å². The van der Waals surface area contributed by atoms with Crippen LogP contribution >= 0.6 is 15.9 Å². The van der Waals surface area contributed by atoms with Gasteiger partial charge in [-0.05, 0) is 28.1 Å². The van der Waals surface area contributed by atoms with E-state index in [-0.39, 0.29) is 22.3 Å². The minimum atomic E-state index is -0.567. The van der Waals surface area contributed by atoms with Crippen LogP contribution in [0.5, 0.6) is 0 Å². The molecule has 0 aliphatic carbocycles. The lowest BCUT2D eigenvalue weighted by Crippen LogP contribution is -2.14. The molecule has 2 aromatic carbocycles. The van der Waals surface area contributed by atoms with Gasteiger partial charge < -0.3 is 10.4 Å². The Bertz CT molecular complexity index is 703. The molecule has 0 spiro atoms. The van der Waals surface area contributed by atoms with Crippen molar-refractivity contribution in [1.29, 1.82) is 0 Å². The summed E-state index contributed by atoms with van der Waals surface area (Å²) in [5.41, 5.74) is 0.992. The zero-order valence-corrected chi connectivity index (χ0v) is 12.3. The van der Waals surface area contributed by atoms with E-state index < -0.39 is 10.8 Å². The summed E-state index contributed by atoms with van der Waals surface area (Å²) in [6.45, 7) is -0.216. The van der Waals surface area contributed by atoms with E-state index in [1.165, 1.54) is 18.2 Å². The van der Waals surface area contributed by atoms with Gasteiger partial charge in [-0.3, -0.25) is 14.9 Å². The standard InChI is InChI=1S/C14H11BrN2O4/c15-13-10(5-3-7-12(13)17(20)21)14(19)16-11-6-2-1-4-9(11)8-18/h1-7,18H,8H2,(H,16,19). The number of anilines is 1. The van der Waals surface area contributed by atoms with Crippen molar-refractivity contribution >= 4 is 33.2 Å². The Hall–Kier alpha value is -2.25. The highest BCUT2D eigenvalue weighted by Gasteiger charge is 2.19. The average Bonchev–Trinajstić information content (AvgIpc) is 2.47. The van der Waals surface area contributed by atoms with Crippen LogP contribution in [0.25, 0.3) is 0 Å². The number of aliphatic hydroxyl groups is 1. The number of para-hydroxylation sites is 1. The highest BCUT2D eigenvalue weighted by Crippen LogP contribution is 2.29. The van der Waals surface area contributed by atoms with Crippen LogP contribution in [-0.4, -0.2) is 15.9 Å². The van der Waals surface area contributed by atoms with Crippen LogP contribution in [0.4, 0.5) is 11.4 Å². The van der Waals surface area contributed by atoms with Gasteiger partial charge >= 0.3 is 0 Å². The number of benzene rings is 2. The third-order valence-electron chi connectivity index (χ3n) is 2.86. The molecule has 0 aromatic heterocycles. The molecule has 0 radical (unpaired) electrons. The number of carbonyl (C=O) groups is 1. The van der Waals surface area contributed by atoms with E-state index in [0.717, 1.165) is 0 Å². The topological polar surface area (TPSA) is 92.5 Å². The molecule has 2 N–H and O–H groups in total. The number of carbonyl (C=O) groups excluding carboxylic acids is 1. The molecule has 2 rings (SSSR count). The van der Waals surface area contributed by atoms with E-state index >= 15 is 0 Å². The Balaban J connectivity index is 2.33. The number of nitrogens with zero attached hydrogens (tertiary/aromatic N) is 1. The van der Waals surface area contributed by atoms with Crippen molar-refractivity contribution in [2.45, 2.75) is 6.61 Å².